The standard InChI is InChI=1S/C17H17NO2/c1-12-7-8-17(13(2)9-12)20-11-14-5-3-4-6-15(14)16(19)10-18/h3-9,16,19H,11H2,1-2H3/t16-/m0/s1. The summed E-state index contributed by atoms with van der Waals surface area (Å²) in [5, 5.41) is 18.5. The molecule has 0 aliphatic carbocycles. The maximum Gasteiger partial charge on any atom is 0.166 e. The summed E-state index contributed by atoms with van der Waals surface area (Å²) in [5.74, 6) is 0.817. The van der Waals surface area contributed by atoms with Gasteiger partial charge in [-0.1, -0.05) is 42.0 Å². The van der Waals surface area contributed by atoms with Gasteiger partial charge in [-0.2, -0.15) is 5.26 Å². The van der Waals surface area contributed by atoms with Crippen LogP contribution in [-0.2, 0) is 6.61 Å². The zero-order valence-electron chi connectivity index (χ0n) is 11.6. The fraction of sp³-hybridized carbons (Fsp3) is 0.235. The molecule has 0 fully saturated rings. The van der Waals surface area contributed by atoms with Crippen LogP contribution in [0.3, 0.4) is 0 Å². The van der Waals surface area contributed by atoms with Crippen LogP contribution in [0.4, 0.5) is 0 Å². The van der Waals surface area contributed by atoms with E-state index in [1.165, 1.54) is 5.56 Å². The first-order chi connectivity index (χ1) is 9.61. The van der Waals surface area contributed by atoms with Gasteiger partial charge in [0, 0.05) is 5.56 Å². The lowest BCUT2D eigenvalue weighted by atomic mass is 10.0. The van der Waals surface area contributed by atoms with E-state index in [1.807, 2.05) is 44.2 Å². The summed E-state index contributed by atoms with van der Waals surface area (Å²) in [6.07, 6.45) is -1.12. The largest absolute Gasteiger partial charge is 0.489 e. The highest BCUT2D eigenvalue weighted by Gasteiger charge is 2.11. The van der Waals surface area contributed by atoms with E-state index in [2.05, 4.69) is 6.07 Å². The summed E-state index contributed by atoms with van der Waals surface area (Å²) in [7, 11) is 0. The van der Waals surface area contributed by atoms with Gasteiger partial charge in [-0.05, 0) is 31.0 Å². The van der Waals surface area contributed by atoms with E-state index in [-0.39, 0.29) is 0 Å². The number of aliphatic hydroxyl groups is 1. The second-order valence-corrected chi connectivity index (χ2v) is 4.79. The molecule has 3 nitrogen and oxygen atoms in total. The molecule has 1 atom stereocenters. The fourth-order valence-electron chi connectivity index (χ4n) is 2.12. The van der Waals surface area contributed by atoms with Crippen molar-refractivity contribution < 1.29 is 9.84 Å². The summed E-state index contributed by atoms with van der Waals surface area (Å²) < 4.78 is 5.79. The molecular formula is C17H17NO2. The molecule has 0 saturated carbocycles. The van der Waals surface area contributed by atoms with Crippen LogP contribution in [0.5, 0.6) is 5.75 Å². The minimum atomic E-state index is -1.12. The number of nitriles is 1. The van der Waals surface area contributed by atoms with Crippen molar-refractivity contribution in [1.29, 1.82) is 5.26 Å². The van der Waals surface area contributed by atoms with E-state index in [0.717, 1.165) is 16.9 Å². The van der Waals surface area contributed by atoms with Crippen molar-refractivity contribution >= 4 is 0 Å². The number of benzene rings is 2. The highest BCUT2D eigenvalue weighted by molar-refractivity contribution is 5.37. The van der Waals surface area contributed by atoms with E-state index in [9.17, 15) is 5.11 Å². The Kier molecular flexibility index (Phi) is 4.39. The quantitative estimate of drug-likeness (QED) is 0.863. The van der Waals surface area contributed by atoms with Gasteiger partial charge in [-0.25, -0.2) is 0 Å². The molecule has 0 aliphatic rings. The van der Waals surface area contributed by atoms with Crippen LogP contribution in [0.15, 0.2) is 42.5 Å². The number of hydrogen-bond acceptors (Lipinski definition) is 3. The monoisotopic (exact) mass is 267 g/mol. The Morgan fingerprint density at radius 3 is 2.65 bits per heavy atom. The lowest BCUT2D eigenvalue weighted by molar-refractivity contribution is 0.229. The van der Waals surface area contributed by atoms with Gasteiger partial charge >= 0.3 is 0 Å². The predicted molar refractivity (Wildman–Crippen MR) is 77.3 cm³/mol. The molecule has 2 rings (SSSR count). The van der Waals surface area contributed by atoms with Crippen molar-refractivity contribution in [2.24, 2.45) is 0 Å². The van der Waals surface area contributed by atoms with Gasteiger partial charge in [0.15, 0.2) is 6.10 Å². The number of aryl methyl sites for hydroxylation is 2. The first kappa shape index (κ1) is 14.1. The molecule has 0 bridgehead atoms. The van der Waals surface area contributed by atoms with Crippen molar-refractivity contribution in [2.45, 2.75) is 26.6 Å². The van der Waals surface area contributed by atoms with Crippen LogP contribution in [0, 0.1) is 25.2 Å². The normalized spacial score (nSPS) is 11.7. The molecule has 1 N–H and O–H groups in total. The van der Waals surface area contributed by atoms with Crippen molar-refractivity contribution in [2.75, 3.05) is 0 Å². The van der Waals surface area contributed by atoms with Crippen LogP contribution < -0.4 is 4.74 Å². The second-order valence-electron chi connectivity index (χ2n) is 4.79. The Hall–Kier alpha value is -2.31. The van der Waals surface area contributed by atoms with Crippen LogP contribution >= 0.6 is 0 Å². The fourth-order valence-corrected chi connectivity index (χ4v) is 2.12. The van der Waals surface area contributed by atoms with Crippen LogP contribution in [-0.4, -0.2) is 5.11 Å². The minimum absolute atomic E-state index is 0.332. The summed E-state index contributed by atoms with van der Waals surface area (Å²) in [6, 6.07) is 15.1. The number of nitrogens with zero attached hydrogens (tertiary/aromatic N) is 1. The van der Waals surface area contributed by atoms with Crippen LogP contribution in [0.25, 0.3) is 0 Å². The molecule has 102 valence electrons. The molecule has 2 aromatic carbocycles. The van der Waals surface area contributed by atoms with Crippen LogP contribution in [0.2, 0.25) is 0 Å². The predicted octanol–water partition coefficient (Wildman–Crippen LogP) is 3.44. The molecule has 0 saturated heterocycles. The first-order valence-electron chi connectivity index (χ1n) is 6.47. The Morgan fingerprint density at radius 2 is 1.95 bits per heavy atom. The number of ether oxygens (including phenoxy) is 1. The van der Waals surface area contributed by atoms with Gasteiger partial charge < -0.3 is 9.84 Å². The van der Waals surface area contributed by atoms with E-state index in [0.29, 0.717) is 12.2 Å². The van der Waals surface area contributed by atoms with Crippen molar-refractivity contribution in [3.63, 3.8) is 0 Å². The number of rotatable bonds is 4. The molecule has 0 aromatic heterocycles. The van der Waals surface area contributed by atoms with E-state index in [4.69, 9.17) is 10.00 Å². The third-order valence-electron chi connectivity index (χ3n) is 3.19. The Balaban J connectivity index is 2.17. The average molecular weight is 267 g/mol. The highest BCUT2D eigenvalue weighted by Crippen LogP contribution is 2.22. The average Bonchev–Trinajstić information content (AvgIpc) is 2.46. The molecule has 2 aromatic rings. The van der Waals surface area contributed by atoms with Crippen LogP contribution in [0.1, 0.15) is 28.4 Å². The van der Waals surface area contributed by atoms with E-state index in [1.54, 1.807) is 12.1 Å². The zero-order valence-corrected chi connectivity index (χ0v) is 11.6. The van der Waals surface area contributed by atoms with E-state index >= 15 is 0 Å². The molecule has 0 unspecified atom stereocenters. The number of aliphatic hydroxyl groups excluding tert-OH is 1. The van der Waals surface area contributed by atoms with Gasteiger partial charge in [0.2, 0.25) is 0 Å². The first-order valence-corrected chi connectivity index (χ1v) is 6.47. The summed E-state index contributed by atoms with van der Waals surface area (Å²) >= 11 is 0. The zero-order chi connectivity index (χ0) is 14.5. The smallest absolute Gasteiger partial charge is 0.166 e. The summed E-state index contributed by atoms with van der Waals surface area (Å²) in [5.41, 5.74) is 3.68. The molecule has 0 amide bonds. The van der Waals surface area contributed by atoms with Gasteiger partial charge in [0.25, 0.3) is 0 Å². The molecule has 0 heterocycles. The molecule has 0 radical (unpaired) electrons. The lowest BCUT2D eigenvalue weighted by Crippen LogP contribution is -2.04. The Labute approximate surface area is 119 Å². The van der Waals surface area contributed by atoms with Gasteiger partial charge in [-0.3, -0.25) is 0 Å². The summed E-state index contributed by atoms with van der Waals surface area (Å²) in [6.45, 7) is 4.37. The molecule has 0 spiro atoms. The third kappa shape index (κ3) is 3.17. The van der Waals surface area contributed by atoms with E-state index < -0.39 is 6.10 Å². The van der Waals surface area contributed by atoms with Gasteiger partial charge in [0.05, 0.1) is 6.07 Å². The topological polar surface area (TPSA) is 53.2 Å². The summed E-state index contributed by atoms with van der Waals surface area (Å²) in [4.78, 5) is 0. The van der Waals surface area contributed by atoms with Gasteiger partial charge in [0.1, 0.15) is 12.4 Å². The Bertz CT molecular complexity index is 644. The Morgan fingerprint density at radius 1 is 1.20 bits per heavy atom. The van der Waals surface area contributed by atoms with Crippen molar-refractivity contribution in [3.8, 4) is 11.8 Å². The molecular weight excluding hydrogens is 250 g/mol. The highest BCUT2D eigenvalue weighted by atomic mass is 16.5. The molecule has 0 aliphatic heterocycles. The third-order valence-corrected chi connectivity index (χ3v) is 3.19. The lowest BCUT2D eigenvalue weighted by Gasteiger charge is -2.13. The minimum Gasteiger partial charge on any atom is -0.489 e. The van der Waals surface area contributed by atoms with Crippen molar-refractivity contribution in [1.82, 2.24) is 0 Å². The molecule has 20 heavy (non-hydrogen) atoms. The van der Waals surface area contributed by atoms with Crippen molar-refractivity contribution in [3.05, 3.63) is 64.7 Å². The number of hydrogen-bond donors (Lipinski definition) is 1. The maximum absolute atomic E-state index is 9.68. The molecule has 3 heteroatoms. The SMILES string of the molecule is Cc1ccc(OCc2ccccc2[C@@H](O)C#N)c(C)c1. The maximum atomic E-state index is 9.68. The van der Waals surface area contributed by atoms with Gasteiger partial charge in [-0.15, -0.1) is 0 Å². The second kappa shape index (κ2) is 6.23.